The zero-order valence-corrected chi connectivity index (χ0v) is 13.4. The molecule has 0 amide bonds. The normalized spacial score (nSPS) is 12.0. The largest absolute Gasteiger partial charge is 0.494 e. The highest BCUT2D eigenvalue weighted by molar-refractivity contribution is 5.46. The number of ether oxygens (including phenoxy) is 1. The van der Waals surface area contributed by atoms with Crippen molar-refractivity contribution in [3.8, 4) is 5.75 Å². The van der Waals surface area contributed by atoms with Crippen LogP contribution in [0, 0.1) is 0 Å². The molecule has 3 nitrogen and oxygen atoms in total. The van der Waals surface area contributed by atoms with E-state index >= 15 is 0 Å². The van der Waals surface area contributed by atoms with Crippen molar-refractivity contribution in [1.29, 1.82) is 0 Å². The van der Waals surface area contributed by atoms with Crippen molar-refractivity contribution in [2.24, 2.45) is 0 Å². The van der Waals surface area contributed by atoms with Crippen LogP contribution in [-0.2, 0) is 0 Å². The van der Waals surface area contributed by atoms with Crippen molar-refractivity contribution in [2.75, 3.05) is 24.6 Å². The first-order chi connectivity index (χ1) is 10.7. The smallest absolute Gasteiger partial charge is 0.119 e. The van der Waals surface area contributed by atoms with Gasteiger partial charge >= 0.3 is 0 Å². The first-order valence-corrected chi connectivity index (χ1v) is 7.95. The summed E-state index contributed by atoms with van der Waals surface area (Å²) < 4.78 is 5.57. The number of para-hydroxylation sites is 1. The minimum Gasteiger partial charge on any atom is -0.494 e. The molecule has 0 spiro atoms. The van der Waals surface area contributed by atoms with Gasteiger partial charge in [0, 0.05) is 18.8 Å². The fraction of sp³-hybridized carbons (Fsp3) is 0.368. The molecule has 0 saturated heterocycles. The Labute approximate surface area is 133 Å². The third-order valence-electron chi connectivity index (χ3n) is 3.63. The molecule has 118 valence electrons. The number of benzene rings is 2. The third-order valence-corrected chi connectivity index (χ3v) is 3.63. The maximum absolute atomic E-state index is 10.5. The Morgan fingerprint density at radius 3 is 2.27 bits per heavy atom. The van der Waals surface area contributed by atoms with E-state index < -0.39 is 6.10 Å². The van der Waals surface area contributed by atoms with E-state index in [-0.39, 0.29) is 0 Å². The molecule has 2 aromatic rings. The van der Waals surface area contributed by atoms with Crippen molar-refractivity contribution in [1.82, 2.24) is 0 Å². The van der Waals surface area contributed by atoms with Crippen molar-refractivity contribution in [3.63, 3.8) is 0 Å². The standard InChI is InChI=1S/C19H25NO2/c1-3-14-22-18-12-10-16(11-13-18)19(21)15-20(4-2)17-8-6-5-7-9-17/h5-13,19,21H,3-4,14-15H2,1-2H3. The van der Waals surface area contributed by atoms with Gasteiger partial charge in [-0.25, -0.2) is 0 Å². The minimum atomic E-state index is -0.514. The predicted molar refractivity (Wildman–Crippen MR) is 91.5 cm³/mol. The first kappa shape index (κ1) is 16.4. The fourth-order valence-electron chi connectivity index (χ4n) is 2.38. The second-order valence-electron chi connectivity index (χ2n) is 5.31. The van der Waals surface area contributed by atoms with Gasteiger partial charge in [0.25, 0.3) is 0 Å². The van der Waals surface area contributed by atoms with Crippen molar-refractivity contribution >= 4 is 5.69 Å². The third kappa shape index (κ3) is 4.50. The molecule has 1 atom stereocenters. The van der Waals surface area contributed by atoms with Gasteiger partial charge in [0.05, 0.1) is 12.7 Å². The van der Waals surface area contributed by atoms with E-state index in [9.17, 15) is 5.11 Å². The molecule has 0 aliphatic carbocycles. The molecule has 22 heavy (non-hydrogen) atoms. The second kappa shape index (κ2) is 8.44. The monoisotopic (exact) mass is 299 g/mol. The number of anilines is 1. The Kier molecular flexibility index (Phi) is 6.28. The summed E-state index contributed by atoms with van der Waals surface area (Å²) in [5.74, 6) is 0.855. The van der Waals surface area contributed by atoms with Crippen LogP contribution in [0.4, 0.5) is 5.69 Å². The van der Waals surface area contributed by atoms with E-state index in [1.807, 2.05) is 42.5 Å². The summed E-state index contributed by atoms with van der Waals surface area (Å²) in [6, 6.07) is 17.9. The molecular formula is C19H25NO2. The van der Waals surface area contributed by atoms with Gasteiger partial charge in [-0.15, -0.1) is 0 Å². The lowest BCUT2D eigenvalue weighted by Crippen LogP contribution is -2.28. The van der Waals surface area contributed by atoms with Crippen molar-refractivity contribution in [3.05, 3.63) is 60.2 Å². The van der Waals surface area contributed by atoms with Crippen molar-refractivity contribution < 1.29 is 9.84 Å². The molecule has 1 N–H and O–H groups in total. The minimum absolute atomic E-state index is 0.514. The molecule has 0 bridgehead atoms. The van der Waals surface area contributed by atoms with E-state index in [0.717, 1.165) is 36.6 Å². The summed E-state index contributed by atoms with van der Waals surface area (Å²) in [6.45, 7) is 6.34. The number of aliphatic hydroxyl groups is 1. The number of hydrogen-bond donors (Lipinski definition) is 1. The molecule has 3 heteroatoms. The van der Waals surface area contributed by atoms with Crippen LogP contribution in [0.25, 0.3) is 0 Å². The summed E-state index contributed by atoms with van der Waals surface area (Å²) >= 11 is 0. The molecule has 2 rings (SSSR count). The number of likely N-dealkylation sites (N-methyl/N-ethyl adjacent to an activating group) is 1. The molecule has 0 radical (unpaired) electrons. The van der Waals surface area contributed by atoms with Gasteiger partial charge < -0.3 is 14.7 Å². The fourth-order valence-corrected chi connectivity index (χ4v) is 2.38. The van der Waals surface area contributed by atoms with Crippen LogP contribution in [-0.4, -0.2) is 24.8 Å². The van der Waals surface area contributed by atoms with Gasteiger partial charge in [-0.3, -0.25) is 0 Å². The number of hydrogen-bond acceptors (Lipinski definition) is 3. The van der Waals surface area contributed by atoms with Crippen LogP contribution in [0.3, 0.4) is 0 Å². The highest BCUT2D eigenvalue weighted by Gasteiger charge is 2.13. The van der Waals surface area contributed by atoms with Gasteiger partial charge in [-0.1, -0.05) is 37.3 Å². The van der Waals surface area contributed by atoms with E-state index in [2.05, 4.69) is 30.9 Å². The molecule has 2 aromatic carbocycles. The van der Waals surface area contributed by atoms with E-state index in [1.165, 1.54) is 0 Å². The summed E-state index contributed by atoms with van der Waals surface area (Å²) in [5.41, 5.74) is 2.05. The topological polar surface area (TPSA) is 32.7 Å². The van der Waals surface area contributed by atoms with Gasteiger partial charge in [0.15, 0.2) is 0 Å². The van der Waals surface area contributed by atoms with Crippen LogP contribution in [0.1, 0.15) is 31.9 Å². The zero-order valence-electron chi connectivity index (χ0n) is 13.4. The summed E-state index contributed by atoms with van der Waals surface area (Å²) in [7, 11) is 0. The van der Waals surface area contributed by atoms with Crippen molar-refractivity contribution in [2.45, 2.75) is 26.4 Å². The summed E-state index contributed by atoms with van der Waals surface area (Å²) in [5, 5.41) is 10.5. The van der Waals surface area contributed by atoms with Crippen LogP contribution in [0.15, 0.2) is 54.6 Å². The lowest BCUT2D eigenvalue weighted by molar-refractivity contribution is 0.183. The van der Waals surface area contributed by atoms with E-state index in [4.69, 9.17) is 4.74 Å². The van der Waals surface area contributed by atoms with Gasteiger partial charge in [0.1, 0.15) is 5.75 Å². The predicted octanol–water partition coefficient (Wildman–Crippen LogP) is 4.04. The first-order valence-electron chi connectivity index (χ1n) is 7.95. The number of aliphatic hydroxyl groups excluding tert-OH is 1. The van der Waals surface area contributed by atoms with Gasteiger partial charge in [0.2, 0.25) is 0 Å². The lowest BCUT2D eigenvalue weighted by atomic mass is 10.1. The second-order valence-corrected chi connectivity index (χ2v) is 5.31. The Morgan fingerprint density at radius 1 is 1.00 bits per heavy atom. The quantitative estimate of drug-likeness (QED) is 0.798. The van der Waals surface area contributed by atoms with Crippen LogP contribution in [0.5, 0.6) is 5.75 Å². The van der Waals surface area contributed by atoms with E-state index in [0.29, 0.717) is 6.54 Å². The summed E-state index contributed by atoms with van der Waals surface area (Å²) in [6.07, 6.45) is 0.479. The molecule has 0 heterocycles. The highest BCUT2D eigenvalue weighted by atomic mass is 16.5. The van der Waals surface area contributed by atoms with Gasteiger partial charge in [-0.05, 0) is 43.2 Å². The molecule has 0 saturated carbocycles. The number of nitrogens with zero attached hydrogens (tertiary/aromatic N) is 1. The Bertz CT molecular complexity index is 539. The Balaban J connectivity index is 1.99. The summed E-state index contributed by atoms with van der Waals surface area (Å²) in [4.78, 5) is 2.17. The van der Waals surface area contributed by atoms with Crippen LogP contribution < -0.4 is 9.64 Å². The molecule has 0 aliphatic rings. The van der Waals surface area contributed by atoms with Crippen LogP contribution >= 0.6 is 0 Å². The SMILES string of the molecule is CCCOc1ccc(C(O)CN(CC)c2ccccc2)cc1. The molecule has 0 fully saturated rings. The molecule has 0 aromatic heterocycles. The Hall–Kier alpha value is -2.00. The molecular weight excluding hydrogens is 274 g/mol. The van der Waals surface area contributed by atoms with Crippen LogP contribution in [0.2, 0.25) is 0 Å². The maximum atomic E-state index is 10.5. The maximum Gasteiger partial charge on any atom is 0.119 e. The zero-order chi connectivity index (χ0) is 15.8. The average Bonchev–Trinajstić information content (AvgIpc) is 2.58. The highest BCUT2D eigenvalue weighted by Crippen LogP contribution is 2.21. The van der Waals surface area contributed by atoms with Gasteiger partial charge in [-0.2, -0.15) is 0 Å². The molecule has 1 unspecified atom stereocenters. The lowest BCUT2D eigenvalue weighted by Gasteiger charge is -2.26. The average molecular weight is 299 g/mol. The van der Waals surface area contributed by atoms with E-state index in [1.54, 1.807) is 0 Å². The Morgan fingerprint density at radius 2 is 1.68 bits per heavy atom. The number of rotatable bonds is 8. The molecule has 0 aliphatic heterocycles.